The van der Waals surface area contributed by atoms with Gasteiger partial charge in [-0.1, -0.05) is 42.7 Å². The maximum absolute atomic E-state index is 6.31. The van der Waals surface area contributed by atoms with Gasteiger partial charge in [0.1, 0.15) is 0 Å². The lowest BCUT2D eigenvalue weighted by atomic mass is 9.96. The molecule has 0 amide bonds. The van der Waals surface area contributed by atoms with Gasteiger partial charge < -0.3 is 5.73 Å². The first-order valence-corrected chi connectivity index (χ1v) is 7.67. The van der Waals surface area contributed by atoms with Crippen LogP contribution in [0.25, 0.3) is 0 Å². The molecule has 1 aliphatic heterocycles. The minimum absolute atomic E-state index is 0.170. The van der Waals surface area contributed by atoms with Crippen LogP contribution in [-0.4, -0.2) is 23.5 Å². The van der Waals surface area contributed by atoms with Gasteiger partial charge in [-0.05, 0) is 45.7 Å². The molecule has 2 heteroatoms. The van der Waals surface area contributed by atoms with Gasteiger partial charge in [0.25, 0.3) is 0 Å². The van der Waals surface area contributed by atoms with E-state index in [-0.39, 0.29) is 6.04 Å². The Morgan fingerprint density at radius 1 is 1.16 bits per heavy atom. The van der Waals surface area contributed by atoms with Gasteiger partial charge >= 0.3 is 0 Å². The normalized spacial score (nSPS) is 24.7. The molecule has 106 valence electrons. The molecule has 0 spiro atoms. The first kappa shape index (κ1) is 14.5. The molecular formula is C17H28N2. The Morgan fingerprint density at radius 3 is 2.47 bits per heavy atom. The van der Waals surface area contributed by atoms with E-state index in [1.807, 2.05) is 0 Å². The Morgan fingerprint density at radius 2 is 1.84 bits per heavy atom. The highest BCUT2D eigenvalue weighted by Crippen LogP contribution is 2.30. The Kier molecular flexibility index (Phi) is 5.00. The Labute approximate surface area is 118 Å². The van der Waals surface area contributed by atoms with Gasteiger partial charge in [-0.15, -0.1) is 0 Å². The second kappa shape index (κ2) is 6.53. The summed E-state index contributed by atoms with van der Waals surface area (Å²) < 4.78 is 0. The van der Waals surface area contributed by atoms with Crippen LogP contribution in [0.5, 0.6) is 0 Å². The molecule has 1 fully saturated rings. The minimum Gasteiger partial charge on any atom is -0.326 e. The van der Waals surface area contributed by atoms with E-state index in [2.05, 4.69) is 49.9 Å². The van der Waals surface area contributed by atoms with Crippen LogP contribution in [0.15, 0.2) is 24.3 Å². The molecule has 1 aromatic rings. The van der Waals surface area contributed by atoms with Crippen molar-refractivity contribution < 1.29 is 0 Å². The van der Waals surface area contributed by atoms with Crippen LogP contribution < -0.4 is 5.73 Å². The van der Waals surface area contributed by atoms with Crippen LogP contribution in [0.4, 0.5) is 0 Å². The van der Waals surface area contributed by atoms with Gasteiger partial charge in [0.2, 0.25) is 0 Å². The van der Waals surface area contributed by atoms with Crippen molar-refractivity contribution >= 4 is 0 Å². The molecule has 3 atom stereocenters. The molecule has 0 aliphatic carbocycles. The zero-order valence-corrected chi connectivity index (χ0v) is 12.6. The Balaban J connectivity index is 2.25. The van der Waals surface area contributed by atoms with Crippen LogP contribution in [0.1, 0.15) is 56.7 Å². The fourth-order valence-corrected chi connectivity index (χ4v) is 3.27. The van der Waals surface area contributed by atoms with Crippen molar-refractivity contribution in [2.24, 2.45) is 5.73 Å². The molecule has 2 N–H and O–H groups in total. The highest BCUT2D eigenvalue weighted by Gasteiger charge is 2.28. The summed E-state index contributed by atoms with van der Waals surface area (Å²) in [6.07, 6.45) is 5.33. The number of nitrogens with two attached hydrogens (primary N) is 1. The van der Waals surface area contributed by atoms with E-state index in [9.17, 15) is 0 Å². The third-order valence-corrected chi connectivity index (χ3v) is 4.38. The molecule has 2 nitrogen and oxygen atoms in total. The first-order chi connectivity index (χ1) is 9.09. The number of hydrogen-bond acceptors (Lipinski definition) is 2. The highest BCUT2D eigenvalue weighted by molar-refractivity contribution is 5.25. The summed E-state index contributed by atoms with van der Waals surface area (Å²) in [6.45, 7) is 7.82. The second-order valence-corrected chi connectivity index (χ2v) is 6.15. The average molecular weight is 260 g/mol. The topological polar surface area (TPSA) is 29.3 Å². The van der Waals surface area contributed by atoms with Crippen molar-refractivity contribution in [3.8, 4) is 0 Å². The SMILES string of the molecule is Cc1ccc(C(C(C)N)N2CCCCCC2C)cc1. The van der Waals surface area contributed by atoms with Gasteiger partial charge in [-0.2, -0.15) is 0 Å². The minimum atomic E-state index is 0.170. The summed E-state index contributed by atoms with van der Waals surface area (Å²) in [7, 11) is 0. The summed E-state index contributed by atoms with van der Waals surface area (Å²) >= 11 is 0. The molecule has 0 saturated carbocycles. The predicted molar refractivity (Wildman–Crippen MR) is 82.2 cm³/mol. The first-order valence-electron chi connectivity index (χ1n) is 7.67. The summed E-state index contributed by atoms with van der Waals surface area (Å²) in [5, 5.41) is 0. The van der Waals surface area contributed by atoms with E-state index in [0.29, 0.717) is 12.1 Å². The van der Waals surface area contributed by atoms with Crippen molar-refractivity contribution in [1.29, 1.82) is 0 Å². The van der Waals surface area contributed by atoms with Crippen molar-refractivity contribution in [3.05, 3.63) is 35.4 Å². The molecule has 1 aliphatic rings. The molecule has 0 aromatic heterocycles. The predicted octanol–water partition coefficient (Wildman–Crippen LogP) is 3.65. The molecule has 19 heavy (non-hydrogen) atoms. The highest BCUT2D eigenvalue weighted by atomic mass is 15.2. The zero-order chi connectivity index (χ0) is 13.8. The third kappa shape index (κ3) is 3.58. The lowest BCUT2D eigenvalue weighted by Gasteiger charge is -2.38. The van der Waals surface area contributed by atoms with Gasteiger partial charge in [-0.3, -0.25) is 4.90 Å². The van der Waals surface area contributed by atoms with Gasteiger partial charge in [0.15, 0.2) is 0 Å². The maximum atomic E-state index is 6.31. The summed E-state index contributed by atoms with van der Waals surface area (Å²) in [5.41, 5.74) is 8.99. The molecule has 1 saturated heterocycles. The molecule has 3 unspecified atom stereocenters. The van der Waals surface area contributed by atoms with E-state index < -0.39 is 0 Å². The summed E-state index contributed by atoms with van der Waals surface area (Å²) in [4.78, 5) is 2.63. The van der Waals surface area contributed by atoms with Crippen molar-refractivity contribution in [1.82, 2.24) is 4.90 Å². The van der Waals surface area contributed by atoms with E-state index in [1.54, 1.807) is 0 Å². The maximum Gasteiger partial charge on any atom is 0.0499 e. The van der Waals surface area contributed by atoms with Gasteiger partial charge in [0, 0.05) is 18.1 Å². The van der Waals surface area contributed by atoms with Gasteiger partial charge in [0.05, 0.1) is 0 Å². The molecule has 1 heterocycles. The van der Waals surface area contributed by atoms with E-state index in [0.717, 1.165) is 0 Å². The van der Waals surface area contributed by atoms with Crippen molar-refractivity contribution in [2.45, 2.75) is 64.6 Å². The van der Waals surface area contributed by atoms with E-state index in [4.69, 9.17) is 5.73 Å². The quantitative estimate of drug-likeness (QED) is 0.899. The molecule has 2 rings (SSSR count). The standard InChI is InChI=1S/C17H28N2/c1-13-8-10-16(11-9-13)17(15(3)18)19-12-6-4-5-7-14(19)2/h8-11,14-15,17H,4-7,12,18H2,1-3H3. The Bertz CT molecular complexity index is 383. The van der Waals surface area contributed by atoms with Crippen LogP contribution >= 0.6 is 0 Å². The van der Waals surface area contributed by atoms with Crippen LogP contribution in [-0.2, 0) is 0 Å². The Hall–Kier alpha value is -0.860. The smallest absolute Gasteiger partial charge is 0.0499 e. The molecule has 1 aromatic carbocycles. The number of rotatable bonds is 3. The number of hydrogen-bond donors (Lipinski definition) is 1. The van der Waals surface area contributed by atoms with E-state index >= 15 is 0 Å². The number of benzene rings is 1. The largest absolute Gasteiger partial charge is 0.326 e. The fourth-order valence-electron chi connectivity index (χ4n) is 3.27. The van der Waals surface area contributed by atoms with E-state index in [1.165, 1.54) is 43.4 Å². The lowest BCUT2D eigenvalue weighted by molar-refractivity contribution is 0.130. The zero-order valence-electron chi connectivity index (χ0n) is 12.6. The fraction of sp³-hybridized carbons (Fsp3) is 0.647. The third-order valence-electron chi connectivity index (χ3n) is 4.38. The molecule has 0 bridgehead atoms. The monoisotopic (exact) mass is 260 g/mol. The molecule has 0 radical (unpaired) electrons. The van der Waals surface area contributed by atoms with Crippen LogP contribution in [0.2, 0.25) is 0 Å². The van der Waals surface area contributed by atoms with Gasteiger partial charge in [-0.25, -0.2) is 0 Å². The number of nitrogens with zero attached hydrogens (tertiary/aromatic N) is 1. The number of aryl methyl sites for hydroxylation is 1. The molecular weight excluding hydrogens is 232 g/mol. The van der Waals surface area contributed by atoms with Crippen LogP contribution in [0.3, 0.4) is 0 Å². The van der Waals surface area contributed by atoms with Crippen molar-refractivity contribution in [3.63, 3.8) is 0 Å². The van der Waals surface area contributed by atoms with Crippen LogP contribution in [0, 0.1) is 6.92 Å². The second-order valence-electron chi connectivity index (χ2n) is 6.15. The van der Waals surface area contributed by atoms with Crippen molar-refractivity contribution in [2.75, 3.05) is 6.54 Å². The summed E-state index contributed by atoms with van der Waals surface area (Å²) in [6, 6.07) is 10.1. The number of likely N-dealkylation sites (tertiary alicyclic amines) is 1. The average Bonchev–Trinajstić information content (AvgIpc) is 2.57. The lowest BCUT2D eigenvalue weighted by Crippen LogP contribution is -2.44. The summed E-state index contributed by atoms with van der Waals surface area (Å²) in [5.74, 6) is 0.